The number of quaternary nitrogens is 1. The van der Waals surface area contributed by atoms with Crippen LogP contribution in [-0.4, -0.2) is 31.6 Å². The Kier molecular flexibility index (Phi) is 6.66. The van der Waals surface area contributed by atoms with Crippen molar-refractivity contribution in [2.75, 3.05) is 19.6 Å². The second-order valence-corrected chi connectivity index (χ2v) is 6.44. The van der Waals surface area contributed by atoms with Gasteiger partial charge in [-0.2, -0.15) is 0 Å². The summed E-state index contributed by atoms with van der Waals surface area (Å²) < 4.78 is 0. The fraction of sp³-hybridized carbons (Fsp3) is 0.526. The van der Waals surface area contributed by atoms with E-state index in [4.69, 9.17) is 0 Å². The Balaban J connectivity index is 1.64. The first-order valence-corrected chi connectivity index (χ1v) is 8.52. The topological polar surface area (TPSA) is 33.5 Å². The van der Waals surface area contributed by atoms with Gasteiger partial charge < -0.3 is 10.2 Å². The van der Waals surface area contributed by atoms with Crippen LogP contribution < -0.4 is 10.2 Å². The van der Waals surface area contributed by atoms with Crippen LogP contribution in [0.25, 0.3) is 6.08 Å². The number of piperidine rings is 1. The molecular weight excluding hydrogens is 272 g/mol. The zero-order valence-corrected chi connectivity index (χ0v) is 13.9. The number of hydrogen-bond donors (Lipinski definition) is 2. The molecule has 3 nitrogen and oxygen atoms in total. The number of carbonyl (C=O) groups excluding carboxylic acids is 1. The monoisotopic (exact) mass is 301 g/mol. The fourth-order valence-corrected chi connectivity index (χ4v) is 3.06. The van der Waals surface area contributed by atoms with Gasteiger partial charge in [-0.1, -0.05) is 29.8 Å². The maximum Gasteiger partial charge on any atom is 0.244 e. The summed E-state index contributed by atoms with van der Waals surface area (Å²) in [4.78, 5) is 13.5. The number of likely N-dealkylation sites (tertiary alicyclic amines) is 1. The third kappa shape index (κ3) is 5.64. The lowest BCUT2D eigenvalue weighted by atomic mass is 10.0. The average Bonchev–Trinajstić information content (AvgIpc) is 2.52. The molecule has 1 saturated heterocycles. The molecule has 1 amide bonds. The molecule has 0 saturated carbocycles. The van der Waals surface area contributed by atoms with E-state index < -0.39 is 0 Å². The molecule has 22 heavy (non-hydrogen) atoms. The van der Waals surface area contributed by atoms with Gasteiger partial charge >= 0.3 is 0 Å². The van der Waals surface area contributed by atoms with E-state index in [0.29, 0.717) is 0 Å². The Labute approximate surface area is 134 Å². The maximum absolute atomic E-state index is 11.8. The van der Waals surface area contributed by atoms with E-state index in [1.807, 2.05) is 18.2 Å². The number of hydrogen-bond acceptors (Lipinski definition) is 1. The van der Waals surface area contributed by atoms with Crippen molar-refractivity contribution in [3.63, 3.8) is 0 Å². The van der Waals surface area contributed by atoms with E-state index in [0.717, 1.165) is 24.6 Å². The van der Waals surface area contributed by atoms with Crippen molar-refractivity contribution in [2.24, 2.45) is 0 Å². The fourth-order valence-electron chi connectivity index (χ4n) is 3.06. The van der Waals surface area contributed by atoms with Crippen LogP contribution in [0.2, 0.25) is 0 Å². The molecule has 2 atom stereocenters. The predicted octanol–water partition coefficient (Wildman–Crippen LogP) is 1.97. The summed E-state index contributed by atoms with van der Waals surface area (Å²) in [6.45, 7) is 7.64. The van der Waals surface area contributed by atoms with Crippen LogP contribution in [0.4, 0.5) is 0 Å². The predicted molar refractivity (Wildman–Crippen MR) is 91.8 cm³/mol. The highest BCUT2D eigenvalue weighted by Gasteiger charge is 2.20. The molecule has 1 heterocycles. The Morgan fingerprint density at radius 1 is 1.32 bits per heavy atom. The van der Waals surface area contributed by atoms with E-state index in [1.165, 1.54) is 37.9 Å². The first kappa shape index (κ1) is 16.8. The van der Waals surface area contributed by atoms with Crippen molar-refractivity contribution in [1.29, 1.82) is 0 Å². The Morgan fingerprint density at radius 3 is 2.82 bits per heavy atom. The van der Waals surface area contributed by atoms with Gasteiger partial charge in [-0.3, -0.25) is 4.79 Å². The lowest BCUT2D eigenvalue weighted by Gasteiger charge is -2.30. The molecule has 0 aromatic heterocycles. The molecule has 1 aliphatic rings. The number of aryl methyl sites for hydroxylation is 1. The molecule has 1 aromatic carbocycles. The normalized spacial score (nSPS) is 21.9. The lowest BCUT2D eigenvalue weighted by Crippen LogP contribution is -3.16. The molecule has 120 valence electrons. The lowest BCUT2D eigenvalue weighted by molar-refractivity contribution is -0.928. The second-order valence-electron chi connectivity index (χ2n) is 6.44. The van der Waals surface area contributed by atoms with Crippen molar-refractivity contribution in [1.82, 2.24) is 5.32 Å². The van der Waals surface area contributed by atoms with Crippen LogP contribution in [0.5, 0.6) is 0 Å². The van der Waals surface area contributed by atoms with Gasteiger partial charge in [-0.15, -0.1) is 0 Å². The minimum atomic E-state index is 0.00210. The van der Waals surface area contributed by atoms with Gasteiger partial charge in [-0.25, -0.2) is 0 Å². The van der Waals surface area contributed by atoms with Gasteiger partial charge in [0.25, 0.3) is 0 Å². The van der Waals surface area contributed by atoms with Crippen LogP contribution in [0.1, 0.15) is 43.7 Å². The van der Waals surface area contributed by atoms with Crippen LogP contribution in [0, 0.1) is 6.92 Å². The van der Waals surface area contributed by atoms with E-state index in [9.17, 15) is 4.79 Å². The molecule has 2 rings (SSSR count). The molecule has 1 unspecified atom stereocenters. The van der Waals surface area contributed by atoms with Crippen molar-refractivity contribution in [3.05, 3.63) is 41.5 Å². The number of nitrogens with one attached hydrogen (secondary N) is 2. The molecule has 0 bridgehead atoms. The van der Waals surface area contributed by atoms with Crippen molar-refractivity contribution >= 4 is 12.0 Å². The summed E-state index contributed by atoms with van der Waals surface area (Å²) in [5.74, 6) is 0.00210. The molecule has 1 aliphatic heterocycles. The Morgan fingerprint density at radius 2 is 2.09 bits per heavy atom. The summed E-state index contributed by atoms with van der Waals surface area (Å²) in [5.41, 5.74) is 2.29. The second kappa shape index (κ2) is 8.74. The number of benzene rings is 1. The van der Waals surface area contributed by atoms with Crippen LogP contribution in [-0.2, 0) is 4.79 Å². The standard InChI is InChI=1S/C19H28N2O/c1-16-7-9-18(10-8-16)11-12-19(22)20-13-5-15-21-14-4-3-6-17(21)2/h7-12,17H,3-6,13-15H2,1-2H3,(H,20,22)/p+1/b12-11+/t17-/m1/s1. The van der Waals surface area contributed by atoms with E-state index in [2.05, 4.69) is 31.3 Å². The average molecular weight is 301 g/mol. The number of rotatable bonds is 6. The number of amides is 1. The summed E-state index contributed by atoms with van der Waals surface area (Å²) in [6, 6.07) is 8.95. The minimum absolute atomic E-state index is 0.00210. The van der Waals surface area contributed by atoms with Crippen LogP contribution >= 0.6 is 0 Å². The number of carbonyl (C=O) groups is 1. The summed E-state index contributed by atoms with van der Waals surface area (Å²) in [6.07, 6.45) is 8.63. The molecule has 0 aliphatic carbocycles. The summed E-state index contributed by atoms with van der Waals surface area (Å²) in [7, 11) is 0. The zero-order valence-electron chi connectivity index (χ0n) is 13.9. The van der Waals surface area contributed by atoms with Gasteiger partial charge in [0, 0.05) is 19.0 Å². The minimum Gasteiger partial charge on any atom is -0.352 e. The van der Waals surface area contributed by atoms with E-state index in [1.54, 1.807) is 11.0 Å². The quantitative estimate of drug-likeness (QED) is 0.611. The summed E-state index contributed by atoms with van der Waals surface area (Å²) >= 11 is 0. The van der Waals surface area contributed by atoms with E-state index in [-0.39, 0.29) is 5.91 Å². The Hall–Kier alpha value is -1.61. The SMILES string of the molecule is Cc1ccc(/C=C/C(=O)NCCC[NH+]2CCCC[C@H]2C)cc1. The first-order valence-electron chi connectivity index (χ1n) is 8.52. The van der Waals surface area contributed by atoms with Crippen molar-refractivity contribution < 1.29 is 9.69 Å². The molecule has 0 radical (unpaired) electrons. The highest BCUT2D eigenvalue weighted by atomic mass is 16.1. The molecule has 3 heteroatoms. The van der Waals surface area contributed by atoms with Crippen LogP contribution in [0.15, 0.2) is 30.3 Å². The van der Waals surface area contributed by atoms with Gasteiger partial charge in [-0.05, 0) is 44.7 Å². The van der Waals surface area contributed by atoms with Gasteiger partial charge in [0.1, 0.15) is 0 Å². The smallest absolute Gasteiger partial charge is 0.244 e. The molecule has 1 aromatic rings. The highest BCUT2D eigenvalue weighted by Crippen LogP contribution is 2.04. The molecule has 0 spiro atoms. The highest BCUT2D eigenvalue weighted by molar-refractivity contribution is 5.91. The Bertz CT molecular complexity index is 493. The van der Waals surface area contributed by atoms with Crippen molar-refractivity contribution in [3.8, 4) is 0 Å². The van der Waals surface area contributed by atoms with E-state index >= 15 is 0 Å². The third-order valence-corrected chi connectivity index (χ3v) is 4.56. The summed E-state index contributed by atoms with van der Waals surface area (Å²) in [5, 5.41) is 2.98. The molecule has 2 N–H and O–H groups in total. The van der Waals surface area contributed by atoms with Crippen molar-refractivity contribution in [2.45, 2.75) is 45.6 Å². The largest absolute Gasteiger partial charge is 0.352 e. The van der Waals surface area contributed by atoms with Crippen LogP contribution in [0.3, 0.4) is 0 Å². The molecular formula is C19H29N2O+. The third-order valence-electron chi connectivity index (χ3n) is 4.56. The maximum atomic E-state index is 11.8. The van der Waals surface area contributed by atoms with Gasteiger partial charge in [0.2, 0.25) is 5.91 Å². The zero-order chi connectivity index (χ0) is 15.8. The van der Waals surface area contributed by atoms with Gasteiger partial charge in [0.05, 0.1) is 19.1 Å². The first-order chi connectivity index (χ1) is 10.6. The van der Waals surface area contributed by atoms with Gasteiger partial charge in [0.15, 0.2) is 0 Å². The molecule has 1 fully saturated rings.